The molecule has 1 aromatic rings. The van der Waals surface area contributed by atoms with Crippen LogP contribution in [-0.2, 0) is 9.53 Å². The first-order chi connectivity index (χ1) is 8.67. The molecule has 0 atom stereocenters. The van der Waals surface area contributed by atoms with E-state index in [4.69, 9.17) is 19.3 Å². The summed E-state index contributed by atoms with van der Waals surface area (Å²) in [5.41, 5.74) is 0.730. The highest BCUT2D eigenvalue weighted by Crippen LogP contribution is 2.28. The van der Waals surface area contributed by atoms with Gasteiger partial charge in [-0.2, -0.15) is 0 Å². The summed E-state index contributed by atoms with van der Waals surface area (Å²) < 4.78 is 15.5. The van der Waals surface area contributed by atoms with Crippen LogP contribution < -0.4 is 9.47 Å². The van der Waals surface area contributed by atoms with E-state index in [1.807, 2.05) is 0 Å². The van der Waals surface area contributed by atoms with Crippen LogP contribution in [0, 0.1) is 0 Å². The van der Waals surface area contributed by atoms with Crippen molar-refractivity contribution in [1.82, 2.24) is 0 Å². The fraction of sp³-hybridized carbons (Fsp3) is 0.308. The van der Waals surface area contributed by atoms with Crippen molar-refractivity contribution < 1.29 is 24.1 Å². The van der Waals surface area contributed by atoms with E-state index in [2.05, 4.69) is 0 Å². The summed E-state index contributed by atoms with van der Waals surface area (Å²) >= 11 is 0. The molecule has 0 aliphatic carbocycles. The van der Waals surface area contributed by atoms with Crippen LogP contribution in [0.2, 0.25) is 0 Å². The predicted molar refractivity (Wildman–Crippen MR) is 67.0 cm³/mol. The molecule has 0 heterocycles. The molecule has 5 nitrogen and oxygen atoms in total. The molecule has 98 valence electrons. The number of ether oxygens (including phenoxy) is 3. The molecular weight excluding hydrogens is 236 g/mol. The zero-order chi connectivity index (χ0) is 13.4. The van der Waals surface area contributed by atoms with Gasteiger partial charge in [0.05, 0.1) is 13.7 Å². The van der Waals surface area contributed by atoms with Crippen molar-refractivity contribution in [3.05, 3.63) is 29.8 Å². The molecule has 0 aliphatic rings. The topological polar surface area (TPSA) is 65.0 Å². The quantitative estimate of drug-likeness (QED) is 0.592. The van der Waals surface area contributed by atoms with E-state index in [0.29, 0.717) is 24.7 Å². The van der Waals surface area contributed by atoms with E-state index in [1.54, 1.807) is 25.3 Å². The molecule has 0 aliphatic heterocycles. The van der Waals surface area contributed by atoms with Crippen molar-refractivity contribution in [3.63, 3.8) is 0 Å². The lowest BCUT2D eigenvalue weighted by Gasteiger charge is -2.10. The third-order valence-corrected chi connectivity index (χ3v) is 2.15. The van der Waals surface area contributed by atoms with Gasteiger partial charge in [0.1, 0.15) is 6.61 Å². The smallest absolute Gasteiger partial charge is 0.328 e. The molecule has 0 aromatic heterocycles. The number of carboxylic acid groups (broad SMARTS) is 1. The minimum atomic E-state index is -0.991. The van der Waals surface area contributed by atoms with Gasteiger partial charge in [-0.1, -0.05) is 6.07 Å². The third kappa shape index (κ3) is 4.47. The van der Waals surface area contributed by atoms with Crippen LogP contribution in [0.5, 0.6) is 11.5 Å². The first-order valence-electron chi connectivity index (χ1n) is 5.38. The molecular formula is C13H16O5. The second-order valence-electron chi connectivity index (χ2n) is 3.42. The molecule has 0 radical (unpaired) electrons. The van der Waals surface area contributed by atoms with Crippen LogP contribution in [0.1, 0.15) is 5.56 Å². The molecule has 1 N–H and O–H groups in total. The van der Waals surface area contributed by atoms with Gasteiger partial charge < -0.3 is 19.3 Å². The van der Waals surface area contributed by atoms with Crippen LogP contribution in [-0.4, -0.2) is 38.5 Å². The largest absolute Gasteiger partial charge is 0.493 e. The Morgan fingerprint density at radius 1 is 1.28 bits per heavy atom. The number of aliphatic carboxylic acids is 1. The van der Waals surface area contributed by atoms with E-state index < -0.39 is 5.97 Å². The number of carboxylic acids is 1. The van der Waals surface area contributed by atoms with Gasteiger partial charge in [-0.25, -0.2) is 4.79 Å². The van der Waals surface area contributed by atoms with Gasteiger partial charge >= 0.3 is 5.97 Å². The van der Waals surface area contributed by atoms with Crippen molar-refractivity contribution in [2.75, 3.05) is 27.4 Å². The van der Waals surface area contributed by atoms with Gasteiger partial charge in [-0.05, 0) is 23.8 Å². The van der Waals surface area contributed by atoms with E-state index in [1.165, 1.54) is 13.2 Å². The number of hydrogen-bond donors (Lipinski definition) is 1. The van der Waals surface area contributed by atoms with Gasteiger partial charge in [0, 0.05) is 13.2 Å². The fourth-order valence-electron chi connectivity index (χ4n) is 1.31. The Bertz CT molecular complexity index is 425. The molecule has 0 bridgehead atoms. The normalized spacial score (nSPS) is 10.6. The maximum Gasteiger partial charge on any atom is 0.328 e. The average molecular weight is 252 g/mol. The Morgan fingerprint density at radius 2 is 2.06 bits per heavy atom. The van der Waals surface area contributed by atoms with E-state index >= 15 is 0 Å². The lowest BCUT2D eigenvalue weighted by Crippen LogP contribution is -2.05. The molecule has 5 heteroatoms. The first-order valence-corrected chi connectivity index (χ1v) is 5.38. The summed E-state index contributed by atoms with van der Waals surface area (Å²) in [7, 11) is 3.13. The molecule has 0 fully saturated rings. The van der Waals surface area contributed by atoms with Gasteiger partial charge in [0.25, 0.3) is 0 Å². The van der Waals surface area contributed by atoms with E-state index in [9.17, 15) is 4.79 Å². The Morgan fingerprint density at radius 3 is 2.67 bits per heavy atom. The van der Waals surface area contributed by atoms with Gasteiger partial charge in [0.2, 0.25) is 0 Å². The summed E-state index contributed by atoms with van der Waals surface area (Å²) in [5, 5.41) is 8.54. The molecule has 0 saturated heterocycles. The van der Waals surface area contributed by atoms with Crippen LogP contribution in [0.3, 0.4) is 0 Å². The monoisotopic (exact) mass is 252 g/mol. The van der Waals surface area contributed by atoms with Crippen molar-refractivity contribution in [1.29, 1.82) is 0 Å². The van der Waals surface area contributed by atoms with Crippen LogP contribution in [0.25, 0.3) is 6.08 Å². The number of carbonyl (C=O) groups is 1. The summed E-state index contributed by atoms with van der Waals surface area (Å²) in [6.07, 6.45) is 2.56. The average Bonchev–Trinajstić information content (AvgIpc) is 2.37. The van der Waals surface area contributed by atoms with Crippen molar-refractivity contribution in [2.24, 2.45) is 0 Å². The Balaban J connectivity index is 2.79. The maximum atomic E-state index is 10.4. The molecule has 1 rings (SSSR count). The zero-order valence-corrected chi connectivity index (χ0v) is 10.4. The molecule has 0 saturated carbocycles. The minimum Gasteiger partial charge on any atom is -0.493 e. The summed E-state index contributed by atoms with van der Waals surface area (Å²) in [6.45, 7) is 0.918. The van der Waals surface area contributed by atoms with Crippen LogP contribution in [0.15, 0.2) is 24.3 Å². The van der Waals surface area contributed by atoms with Crippen molar-refractivity contribution in [2.45, 2.75) is 0 Å². The number of rotatable bonds is 7. The predicted octanol–water partition coefficient (Wildman–Crippen LogP) is 1.82. The van der Waals surface area contributed by atoms with Gasteiger partial charge in [-0.3, -0.25) is 0 Å². The van der Waals surface area contributed by atoms with Gasteiger partial charge in [-0.15, -0.1) is 0 Å². The molecule has 0 spiro atoms. The van der Waals surface area contributed by atoms with E-state index in [0.717, 1.165) is 11.6 Å². The molecule has 0 amide bonds. The zero-order valence-electron chi connectivity index (χ0n) is 10.4. The summed E-state index contributed by atoms with van der Waals surface area (Å²) in [4.78, 5) is 10.4. The second kappa shape index (κ2) is 7.34. The third-order valence-electron chi connectivity index (χ3n) is 2.15. The molecule has 0 unspecified atom stereocenters. The number of methoxy groups -OCH3 is 2. The number of benzene rings is 1. The van der Waals surface area contributed by atoms with Crippen molar-refractivity contribution >= 4 is 12.0 Å². The Labute approximate surface area is 106 Å². The SMILES string of the molecule is COCCOc1ccc(/C=C/C(=O)O)cc1OC. The molecule has 18 heavy (non-hydrogen) atoms. The summed E-state index contributed by atoms with van der Waals surface area (Å²) in [6, 6.07) is 5.20. The van der Waals surface area contributed by atoms with E-state index in [-0.39, 0.29) is 0 Å². The van der Waals surface area contributed by atoms with Crippen molar-refractivity contribution in [3.8, 4) is 11.5 Å². The lowest BCUT2D eigenvalue weighted by molar-refractivity contribution is -0.131. The Hall–Kier alpha value is -2.01. The van der Waals surface area contributed by atoms with Crippen LogP contribution >= 0.6 is 0 Å². The highest BCUT2D eigenvalue weighted by atomic mass is 16.5. The summed E-state index contributed by atoms with van der Waals surface area (Å²) in [5.74, 6) is 0.162. The highest BCUT2D eigenvalue weighted by molar-refractivity contribution is 5.85. The minimum absolute atomic E-state index is 0.428. The second-order valence-corrected chi connectivity index (χ2v) is 3.42. The first kappa shape index (κ1) is 14.1. The molecule has 1 aromatic carbocycles. The fourth-order valence-corrected chi connectivity index (χ4v) is 1.31. The standard InChI is InChI=1S/C13H16O5/c1-16-7-8-18-11-5-3-10(4-6-13(14)15)9-12(11)17-2/h3-6,9H,7-8H2,1-2H3,(H,14,15)/b6-4+. The Kier molecular flexibility index (Phi) is 5.73. The number of hydrogen-bond acceptors (Lipinski definition) is 4. The maximum absolute atomic E-state index is 10.4. The highest BCUT2D eigenvalue weighted by Gasteiger charge is 2.04. The van der Waals surface area contributed by atoms with Crippen LogP contribution in [0.4, 0.5) is 0 Å². The lowest BCUT2D eigenvalue weighted by atomic mass is 10.2. The van der Waals surface area contributed by atoms with Gasteiger partial charge in [0.15, 0.2) is 11.5 Å².